The van der Waals surface area contributed by atoms with Crippen LogP contribution in [0.1, 0.15) is 11.5 Å². The number of nitrogens with two attached hydrogens (primary N) is 1. The quantitative estimate of drug-likeness (QED) is 0.268. The van der Waals surface area contributed by atoms with Gasteiger partial charge in [-0.15, -0.1) is 0 Å². The van der Waals surface area contributed by atoms with Gasteiger partial charge in [-0.2, -0.15) is 5.10 Å². The summed E-state index contributed by atoms with van der Waals surface area (Å²) >= 11 is 0. The molecule has 0 bridgehead atoms. The summed E-state index contributed by atoms with van der Waals surface area (Å²) in [7, 11) is 0. The molecule has 0 unspecified atom stereocenters. The largest absolute Gasteiger partial charge is 0.364 e. The minimum atomic E-state index is 0.206. The Labute approximate surface area is 167 Å². The maximum atomic E-state index is 7.54. The summed E-state index contributed by atoms with van der Waals surface area (Å²) in [5, 5.41) is 15.4. The van der Waals surface area contributed by atoms with E-state index in [-0.39, 0.29) is 5.71 Å². The van der Waals surface area contributed by atoms with Gasteiger partial charge in [0.05, 0.1) is 23.1 Å². The van der Waals surface area contributed by atoms with Gasteiger partial charge in [-0.25, -0.2) is 9.97 Å². The van der Waals surface area contributed by atoms with Crippen LogP contribution in [0.2, 0.25) is 0 Å². The fourth-order valence-electron chi connectivity index (χ4n) is 3.12. The van der Waals surface area contributed by atoms with Crippen LogP contribution in [0.3, 0.4) is 0 Å². The van der Waals surface area contributed by atoms with E-state index in [0.29, 0.717) is 18.2 Å². The van der Waals surface area contributed by atoms with Gasteiger partial charge in [0.15, 0.2) is 5.82 Å². The molecule has 0 amide bonds. The molecule has 7 heteroatoms. The average Bonchev–Trinajstić information content (AvgIpc) is 2.79. The first-order valence-electron chi connectivity index (χ1n) is 9.09. The lowest BCUT2D eigenvalue weighted by Gasteiger charge is -2.14. The molecule has 2 aromatic heterocycles. The maximum absolute atomic E-state index is 7.54. The third-order valence-corrected chi connectivity index (χ3v) is 4.48. The van der Waals surface area contributed by atoms with Crippen molar-refractivity contribution in [2.45, 2.75) is 6.54 Å². The van der Waals surface area contributed by atoms with Gasteiger partial charge in [0.25, 0.3) is 0 Å². The Morgan fingerprint density at radius 1 is 1.00 bits per heavy atom. The summed E-state index contributed by atoms with van der Waals surface area (Å²) in [6, 6.07) is 21.8. The number of hydrazone groups is 1. The van der Waals surface area contributed by atoms with Crippen LogP contribution in [-0.4, -0.2) is 26.9 Å². The first kappa shape index (κ1) is 18.2. The Morgan fingerprint density at radius 3 is 2.55 bits per heavy atom. The molecule has 0 aliphatic heterocycles. The molecule has 0 saturated carbocycles. The first-order valence-corrected chi connectivity index (χ1v) is 9.09. The highest BCUT2D eigenvalue weighted by Crippen LogP contribution is 2.32. The predicted octanol–water partition coefficient (Wildman–Crippen LogP) is 3.62. The van der Waals surface area contributed by atoms with E-state index in [1.54, 1.807) is 6.20 Å². The molecule has 2 aromatic carbocycles. The fraction of sp³-hybridized carbons (Fsp3) is 0.0455. The molecule has 4 rings (SSSR count). The molecule has 0 aliphatic rings. The van der Waals surface area contributed by atoms with Crippen LogP contribution in [0.5, 0.6) is 0 Å². The van der Waals surface area contributed by atoms with Crippen molar-refractivity contribution in [1.82, 2.24) is 15.0 Å². The molecule has 2 heterocycles. The van der Waals surface area contributed by atoms with Crippen molar-refractivity contribution in [1.29, 1.82) is 5.41 Å². The molecule has 7 nitrogen and oxygen atoms in total. The molecule has 0 aliphatic carbocycles. The molecule has 4 aromatic rings. The van der Waals surface area contributed by atoms with Gasteiger partial charge in [-0.3, -0.25) is 4.98 Å². The number of hydrogen-bond acceptors (Lipinski definition) is 7. The van der Waals surface area contributed by atoms with Crippen LogP contribution >= 0.6 is 0 Å². The molecule has 0 fully saturated rings. The highest BCUT2D eigenvalue weighted by atomic mass is 15.1. The monoisotopic (exact) mass is 381 g/mol. The summed E-state index contributed by atoms with van der Waals surface area (Å²) in [5.41, 5.74) is 3.91. The first-order chi connectivity index (χ1) is 14.3. The number of aromatic nitrogens is 3. The van der Waals surface area contributed by atoms with E-state index in [0.717, 1.165) is 33.9 Å². The standard InChI is InChI=1S/C22H19N7/c23-13-19(29-24)21-27-18-11-6-10-17(15-7-2-1-3-8-15)20(18)22(28-21)26-14-16-9-4-5-12-25-16/h1-13,23H,14,24H2,(H,26,27,28)/b23-13?,29-19+. The Balaban J connectivity index is 1.89. The maximum Gasteiger partial charge on any atom is 0.184 e. The van der Waals surface area contributed by atoms with Gasteiger partial charge in [0.1, 0.15) is 11.5 Å². The molecule has 0 radical (unpaired) electrons. The van der Waals surface area contributed by atoms with Crippen LogP contribution < -0.4 is 11.2 Å². The van der Waals surface area contributed by atoms with Crippen molar-refractivity contribution in [2.75, 3.05) is 5.32 Å². The van der Waals surface area contributed by atoms with Crippen molar-refractivity contribution in [2.24, 2.45) is 10.9 Å². The Hall–Kier alpha value is -4.13. The van der Waals surface area contributed by atoms with E-state index in [9.17, 15) is 0 Å². The van der Waals surface area contributed by atoms with E-state index in [2.05, 4.69) is 37.5 Å². The van der Waals surface area contributed by atoms with Crippen molar-refractivity contribution < 1.29 is 0 Å². The lowest BCUT2D eigenvalue weighted by Crippen LogP contribution is -2.13. The van der Waals surface area contributed by atoms with Crippen LogP contribution in [0.25, 0.3) is 22.0 Å². The molecule has 4 N–H and O–H groups in total. The van der Waals surface area contributed by atoms with E-state index in [1.165, 1.54) is 0 Å². The highest BCUT2D eigenvalue weighted by molar-refractivity contribution is 6.36. The summed E-state index contributed by atoms with van der Waals surface area (Å²) in [6.45, 7) is 0.495. The number of hydrogen-bond donors (Lipinski definition) is 3. The van der Waals surface area contributed by atoms with Crippen LogP contribution in [0.4, 0.5) is 5.82 Å². The number of anilines is 1. The van der Waals surface area contributed by atoms with E-state index in [1.807, 2.05) is 54.6 Å². The number of nitrogens with zero attached hydrogens (tertiary/aromatic N) is 4. The zero-order chi connectivity index (χ0) is 20.1. The van der Waals surface area contributed by atoms with Crippen LogP contribution in [0, 0.1) is 5.41 Å². The van der Waals surface area contributed by atoms with Crippen molar-refractivity contribution in [3.8, 4) is 11.1 Å². The van der Waals surface area contributed by atoms with Gasteiger partial charge < -0.3 is 16.6 Å². The lowest BCUT2D eigenvalue weighted by molar-refractivity contribution is 1.02. The Bertz CT molecular complexity index is 1170. The van der Waals surface area contributed by atoms with Gasteiger partial charge in [0.2, 0.25) is 0 Å². The molecular weight excluding hydrogens is 362 g/mol. The number of fused-ring (bicyclic) bond motifs is 1. The summed E-state index contributed by atoms with van der Waals surface area (Å²) < 4.78 is 0. The second kappa shape index (κ2) is 8.26. The Morgan fingerprint density at radius 2 is 1.83 bits per heavy atom. The second-order valence-electron chi connectivity index (χ2n) is 6.29. The van der Waals surface area contributed by atoms with E-state index < -0.39 is 0 Å². The minimum absolute atomic E-state index is 0.206. The number of benzene rings is 2. The van der Waals surface area contributed by atoms with Crippen LogP contribution in [-0.2, 0) is 6.54 Å². The molecule has 0 saturated heterocycles. The number of rotatable bonds is 6. The van der Waals surface area contributed by atoms with E-state index in [4.69, 9.17) is 11.3 Å². The molecule has 0 atom stereocenters. The zero-order valence-electron chi connectivity index (χ0n) is 15.6. The fourth-order valence-corrected chi connectivity index (χ4v) is 3.12. The van der Waals surface area contributed by atoms with Gasteiger partial charge >= 0.3 is 0 Å². The van der Waals surface area contributed by atoms with E-state index >= 15 is 0 Å². The molecule has 0 spiro atoms. The third kappa shape index (κ3) is 3.79. The number of pyridine rings is 1. The third-order valence-electron chi connectivity index (χ3n) is 4.48. The molecular formula is C22H19N7. The lowest BCUT2D eigenvalue weighted by atomic mass is 10.0. The molecule has 29 heavy (non-hydrogen) atoms. The highest BCUT2D eigenvalue weighted by Gasteiger charge is 2.15. The normalized spacial score (nSPS) is 11.4. The van der Waals surface area contributed by atoms with Gasteiger partial charge in [-0.1, -0.05) is 48.5 Å². The average molecular weight is 381 g/mol. The summed E-state index contributed by atoms with van der Waals surface area (Å²) in [6.07, 6.45) is 2.80. The SMILES string of the molecule is N=C/C(=N\N)c1nc(NCc2ccccn2)c2c(-c3ccccc3)cccc2n1. The Kier molecular flexibility index (Phi) is 5.20. The van der Waals surface area contributed by atoms with Crippen molar-refractivity contribution in [3.05, 3.63) is 84.4 Å². The van der Waals surface area contributed by atoms with Crippen LogP contribution in [0.15, 0.2) is 78.0 Å². The van der Waals surface area contributed by atoms with Crippen molar-refractivity contribution >= 4 is 28.6 Å². The van der Waals surface area contributed by atoms with Gasteiger partial charge in [0, 0.05) is 12.4 Å². The smallest absolute Gasteiger partial charge is 0.184 e. The number of nitrogens with one attached hydrogen (secondary N) is 2. The van der Waals surface area contributed by atoms with Gasteiger partial charge in [-0.05, 0) is 29.3 Å². The topological polar surface area (TPSA) is 113 Å². The summed E-state index contributed by atoms with van der Waals surface area (Å²) in [4.78, 5) is 13.6. The second-order valence-corrected chi connectivity index (χ2v) is 6.29. The zero-order valence-corrected chi connectivity index (χ0v) is 15.6. The minimum Gasteiger partial charge on any atom is -0.364 e. The molecule has 142 valence electrons. The predicted molar refractivity (Wildman–Crippen MR) is 116 cm³/mol. The summed E-state index contributed by atoms with van der Waals surface area (Å²) in [5.74, 6) is 6.35. The van der Waals surface area contributed by atoms with Crippen molar-refractivity contribution in [3.63, 3.8) is 0 Å².